The molecule has 0 aliphatic heterocycles. The van der Waals surface area contributed by atoms with Gasteiger partial charge in [0.05, 0.1) is 31.3 Å². The van der Waals surface area contributed by atoms with Gasteiger partial charge in [-0.3, -0.25) is 4.79 Å². The monoisotopic (exact) mass is 475 g/mol. The van der Waals surface area contributed by atoms with Gasteiger partial charge in [-0.1, -0.05) is 39.8 Å². The largest absolute Gasteiger partial charge is 0.497 e. The lowest BCUT2D eigenvalue weighted by molar-refractivity contribution is -0.133. The molecule has 182 valence electrons. The van der Waals surface area contributed by atoms with E-state index in [0.29, 0.717) is 36.7 Å². The van der Waals surface area contributed by atoms with Crippen molar-refractivity contribution in [1.29, 1.82) is 0 Å². The van der Waals surface area contributed by atoms with Crippen molar-refractivity contribution in [3.63, 3.8) is 0 Å². The van der Waals surface area contributed by atoms with E-state index in [1.807, 2.05) is 32.6 Å². The summed E-state index contributed by atoms with van der Waals surface area (Å²) in [5.74, 6) is 1.64. The summed E-state index contributed by atoms with van der Waals surface area (Å²) in [6.45, 7) is 9.82. The molecule has 0 saturated heterocycles. The number of ether oxygens (including phenoxy) is 1. The number of nitrogens with zero attached hydrogens (tertiary/aromatic N) is 3. The second kappa shape index (κ2) is 10.7. The minimum absolute atomic E-state index is 0.0664. The van der Waals surface area contributed by atoms with E-state index < -0.39 is 9.84 Å². The summed E-state index contributed by atoms with van der Waals surface area (Å²) < 4.78 is 33.8. The van der Waals surface area contributed by atoms with Gasteiger partial charge in [-0.05, 0) is 48.3 Å². The third kappa shape index (κ3) is 7.06. The molecule has 1 aromatic carbocycles. The number of carbonyl (C=O) groups excluding carboxylic acids is 1. The molecule has 0 atom stereocenters. The first-order valence-electron chi connectivity index (χ1n) is 11.8. The minimum atomic E-state index is -3.69. The molecular weight excluding hydrogens is 438 g/mol. The first-order chi connectivity index (χ1) is 15.6. The molecule has 3 rings (SSSR count). The van der Waals surface area contributed by atoms with E-state index in [0.717, 1.165) is 25.1 Å². The zero-order valence-electron chi connectivity index (χ0n) is 20.5. The van der Waals surface area contributed by atoms with Gasteiger partial charge >= 0.3 is 0 Å². The van der Waals surface area contributed by atoms with Gasteiger partial charge in [0.25, 0.3) is 0 Å². The van der Waals surface area contributed by atoms with Crippen LogP contribution in [0.25, 0.3) is 0 Å². The summed E-state index contributed by atoms with van der Waals surface area (Å²) in [6.07, 6.45) is 4.42. The van der Waals surface area contributed by atoms with E-state index in [2.05, 4.69) is 4.98 Å². The van der Waals surface area contributed by atoms with Crippen LogP contribution in [0.3, 0.4) is 0 Å². The number of methoxy groups -OCH3 is 1. The quantitative estimate of drug-likeness (QED) is 0.457. The van der Waals surface area contributed by atoms with Gasteiger partial charge in [-0.2, -0.15) is 0 Å². The van der Waals surface area contributed by atoms with Crippen molar-refractivity contribution in [2.45, 2.75) is 71.0 Å². The maximum Gasteiger partial charge on any atom is 0.228 e. The van der Waals surface area contributed by atoms with Gasteiger partial charge in [0.15, 0.2) is 0 Å². The van der Waals surface area contributed by atoms with E-state index in [9.17, 15) is 13.2 Å². The fourth-order valence-electron chi connectivity index (χ4n) is 3.91. The molecule has 0 unspecified atom stereocenters. The Morgan fingerprint density at radius 1 is 1.21 bits per heavy atom. The summed E-state index contributed by atoms with van der Waals surface area (Å²) in [5, 5.41) is 0.0664. The Balaban J connectivity index is 1.90. The maximum absolute atomic E-state index is 13.4. The number of rotatable bonds is 12. The first-order valence-corrected chi connectivity index (χ1v) is 13.4. The molecule has 1 fully saturated rings. The van der Waals surface area contributed by atoms with Gasteiger partial charge in [0.1, 0.15) is 5.75 Å². The summed E-state index contributed by atoms with van der Waals surface area (Å²) >= 11 is 0. The van der Waals surface area contributed by atoms with Gasteiger partial charge in [-0.15, -0.1) is 0 Å². The molecule has 2 aromatic rings. The molecule has 33 heavy (non-hydrogen) atoms. The van der Waals surface area contributed by atoms with Crippen LogP contribution in [0.1, 0.15) is 58.2 Å². The lowest BCUT2D eigenvalue weighted by Crippen LogP contribution is -2.34. The van der Waals surface area contributed by atoms with Crippen LogP contribution in [0.2, 0.25) is 0 Å². The van der Waals surface area contributed by atoms with Crippen LogP contribution in [0.5, 0.6) is 5.75 Å². The molecule has 1 aromatic heterocycles. The van der Waals surface area contributed by atoms with E-state index in [1.165, 1.54) is 0 Å². The van der Waals surface area contributed by atoms with E-state index >= 15 is 0 Å². The Morgan fingerprint density at radius 2 is 1.94 bits per heavy atom. The standard InChI is InChI=1S/C25H37N3O4S/c1-18(2)11-24(29)27(15-20-9-10-20)16-22-13-26-25(28(22)14-19(3)4)33(30,31)17-21-7-6-8-23(12-21)32-5/h6-8,12-13,18-20H,9-11,14-17H2,1-5H3. The maximum atomic E-state index is 13.4. The van der Waals surface area contributed by atoms with Crippen molar-refractivity contribution in [1.82, 2.24) is 14.5 Å². The molecule has 7 nitrogen and oxygen atoms in total. The first kappa shape index (κ1) is 25.3. The molecule has 1 saturated carbocycles. The van der Waals surface area contributed by atoms with Crippen LogP contribution < -0.4 is 4.74 Å². The Labute approximate surface area is 198 Å². The topological polar surface area (TPSA) is 81.5 Å². The van der Waals surface area contributed by atoms with Crippen molar-refractivity contribution < 1.29 is 17.9 Å². The van der Waals surface area contributed by atoms with Crippen LogP contribution in [0.15, 0.2) is 35.6 Å². The Bertz CT molecular complexity index is 1060. The van der Waals surface area contributed by atoms with Crippen LogP contribution in [-0.2, 0) is 33.5 Å². The second-order valence-electron chi connectivity index (χ2n) is 9.96. The third-order valence-corrected chi connectivity index (χ3v) is 7.28. The Hall–Kier alpha value is -2.35. The number of hydrogen-bond acceptors (Lipinski definition) is 5. The zero-order chi connectivity index (χ0) is 24.2. The fourth-order valence-corrected chi connectivity index (χ4v) is 5.40. The van der Waals surface area contributed by atoms with Crippen LogP contribution in [-0.4, -0.2) is 42.4 Å². The van der Waals surface area contributed by atoms with Crippen LogP contribution in [0.4, 0.5) is 0 Å². The van der Waals surface area contributed by atoms with Crippen molar-refractivity contribution in [3.8, 4) is 5.75 Å². The smallest absolute Gasteiger partial charge is 0.228 e. The lowest BCUT2D eigenvalue weighted by Gasteiger charge is -2.25. The average molecular weight is 476 g/mol. The summed E-state index contributed by atoms with van der Waals surface area (Å²) in [4.78, 5) is 19.2. The summed E-state index contributed by atoms with van der Waals surface area (Å²) in [5.41, 5.74) is 1.42. The van der Waals surface area contributed by atoms with Gasteiger partial charge in [0, 0.05) is 19.5 Å². The predicted molar refractivity (Wildman–Crippen MR) is 129 cm³/mol. The fraction of sp³-hybridized carbons (Fsp3) is 0.600. The highest BCUT2D eigenvalue weighted by atomic mass is 32.2. The van der Waals surface area contributed by atoms with Gasteiger partial charge < -0.3 is 14.2 Å². The highest BCUT2D eigenvalue weighted by Gasteiger charge is 2.30. The molecule has 1 aliphatic carbocycles. The molecule has 0 N–H and O–H groups in total. The average Bonchev–Trinajstić information content (AvgIpc) is 3.46. The van der Waals surface area contributed by atoms with Crippen molar-refractivity contribution >= 4 is 15.7 Å². The molecule has 0 spiro atoms. The number of amides is 1. The molecular formula is C25H37N3O4S. The van der Waals surface area contributed by atoms with Gasteiger partial charge in [0.2, 0.25) is 20.9 Å². The van der Waals surface area contributed by atoms with E-state index in [-0.39, 0.29) is 28.7 Å². The zero-order valence-corrected chi connectivity index (χ0v) is 21.3. The highest BCUT2D eigenvalue weighted by molar-refractivity contribution is 7.90. The predicted octanol–water partition coefficient (Wildman–Crippen LogP) is 4.31. The number of carbonyl (C=O) groups is 1. The normalized spacial score (nSPS) is 14.2. The number of sulfone groups is 1. The Morgan fingerprint density at radius 3 is 2.55 bits per heavy atom. The minimum Gasteiger partial charge on any atom is -0.497 e. The molecule has 1 aliphatic rings. The SMILES string of the molecule is COc1cccc(CS(=O)(=O)c2ncc(CN(CC3CC3)C(=O)CC(C)C)n2CC(C)C)c1. The molecule has 8 heteroatoms. The molecule has 0 bridgehead atoms. The molecule has 0 radical (unpaired) electrons. The molecule has 1 heterocycles. The van der Waals surface area contributed by atoms with Crippen LogP contribution >= 0.6 is 0 Å². The van der Waals surface area contributed by atoms with Crippen molar-refractivity contribution in [2.24, 2.45) is 17.8 Å². The summed E-state index contributed by atoms with van der Waals surface area (Å²) in [7, 11) is -2.13. The number of imidazole rings is 1. The number of hydrogen-bond donors (Lipinski definition) is 0. The molecule has 1 amide bonds. The summed E-state index contributed by atoms with van der Waals surface area (Å²) in [6, 6.07) is 7.08. The van der Waals surface area contributed by atoms with Gasteiger partial charge in [-0.25, -0.2) is 13.4 Å². The Kier molecular flexibility index (Phi) is 8.21. The van der Waals surface area contributed by atoms with E-state index in [4.69, 9.17) is 4.74 Å². The highest BCUT2D eigenvalue weighted by Crippen LogP contribution is 2.31. The van der Waals surface area contributed by atoms with Crippen molar-refractivity contribution in [3.05, 3.63) is 41.7 Å². The second-order valence-corrected chi connectivity index (χ2v) is 11.8. The van der Waals surface area contributed by atoms with E-state index in [1.54, 1.807) is 42.1 Å². The third-order valence-electron chi connectivity index (χ3n) is 5.68. The van der Waals surface area contributed by atoms with Crippen molar-refractivity contribution in [2.75, 3.05) is 13.7 Å². The van der Waals surface area contributed by atoms with Crippen LogP contribution in [0, 0.1) is 17.8 Å². The number of benzene rings is 1. The number of aromatic nitrogens is 2. The lowest BCUT2D eigenvalue weighted by atomic mass is 10.1.